The molecule has 0 saturated carbocycles. The molecule has 2 aromatic rings. The van der Waals surface area contributed by atoms with Crippen molar-refractivity contribution in [3.8, 4) is 5.75 Å². The lowest BCUT2D eigenvalue weighted by molar-refractivity contribution is 0.410. The number of hydrogen-bond acceptors (Lipinski definition) is 2. The molecule has 2 aromatic carbocycles. The first-order valence-electron chi connectivity index (χ1n) is 5.88. The molecular formula is C15H15BrFNO. The highest BCUT2D eigenvalue weighted by Gasteiger charge is 2.16. The summed E-state index contributed by atoms with van der Waals surface area (Å²) in [4.78, 5) is 0. The van der Waals surface area contributed by atoms with Crippen molar-refractivity contribution in [2.75, 3.05) is 7.11 Å². The van der Waals surface area contributed by atoms with Gasteiger partial charge in [0.25, 0.3) is 0 Å². The van der Waals surface area contributed by atoms with Crippen LogP contribution in [0.5, 0.6) is 5.75 Å². The minimum Gasteiger partial charge on any atom is -0.497 e. The quantitative estimate of drug-likeness (QED) is 0.928. The minimum absolute atomic E-state index is 0.355. The van der Waals surface area contributed by atoms with Gasteiger partial charge in [0.05, 0.1) is 13.2 Å². The first kappa shape index (κ1) is 14.0. The van der Waals surface area contributed by atoms with Gasteiger partial charge in [-0.1, -0.05) is 34.1 Å². The predicted octanol–water partition coefficient (Wildman–Crippen LogP) is 3.95. The summed E-state index contributed by atoms with van der Waals surface area (Å²) < 4.78 is 20.0. The molecule has 0 aliphatic heterocycles. The van der Waals surface area contributed by atoms with E-state index in [2.05, 4.69) is 15.9 Å². The Bertz CT molecular complexity index is 601. The second-order valence-electron chi connectivity index (χ2n) is 4.32. The van der Waals surface area contributed by atoms with Crippen molar-refractivity contribution in [1.82, 2.24) is 0 Å². The Labute approximate surface area is 120 Å². The molecule has 0 amide bonds. The van der Waals surface area contributed by atoms with E-state index in [1.54, 1.807) is 12.1 Å². The van der Waals surface area contributed by atoms with Gasteiger partial charge < -0.3 is 10.5 Å². The molecule has 4 heteroatoms. The van der Waals surface area contributed by atoms with Crippen LogP contribution in [-0.4, -0.2) is 7.11 Å². The summed E-state index contributed by atoms with van der Waals surface area (Å²) >= 11 is 3.46. The molecule has 0 aliphatic carbocycles. The van der Waals surface area contributed by atoms with Crippen LogP contribution in [-0.2, 0) is 0 Å². The van der Waals surface area contributed by atoms with Crippen LogP contribution in [0, 0.1) is 12.7 Å². The highest BCUT2D eigenvalue weighted by atomic mass is 79.9. The van der Waals surface area contributed by atoms with E-state index in [9.17, 15) is 4.39 Å². The van der Waals surface area contributed by atoms with Crippen LogP contribution >= 0.6 is 15.9 Å². The topological polar surface area (TPSA) is 35.2 Å². The minimum atomic E-state index is -0.497. The highest BCUT2D eigenvalue weighted by molar-refractivity contribution is 9.10. The van der Waals surface area contributed by atoms with E-state index in [0.717, 1.165) is 15.6 Å². The van der Waals surface area contributed by atoms with Crippen molar-refractivity contribution in [2.45, 2.75) is 13.0 Å². The van der Waals surface area contributed by atoms with Crippen LogP contribution in [0.15, 0.2) is 40.9 Å². The molecule has 2 nitrogen and oxygen atoms in total. The summed E-state index contributed by atoms with van der Waals surface area (Å²) in [6.07, 6.45) is 0. The molecule has 0 radical (unpaired) electrons. The van der Waals surface area contributed by atoms with E-state index in [1.807, 2.05) is 25.1 Å². The molecule has 19 heavy (non-hydrogen) atoms. The third-order valence-electron chi connectivity index (χ3n) is 3.19. The molecule has 1 atom stereocenters. The standard InChI is InChI=1S/C15H15BrFNO/c1-9-11(4-3-5-13(9)16)15(18)12-7-6-10(19-2)8-14(12)17/h3-8,15H,18H2,1-2H3. The molecule has 0 heterocycles. The molecular weight excluding hydrogens is 309 g/mol. The van der Waals surface area contributed by atoms with Crippen LogP contribution < -0.4 is 10.5 Å². The first-order chi connectivity index (χ1) is 9.04. The van der Waals surface area contributed by atoms with Gasteiger partial charge in [-0.15, -0.1) is 0 Å². The SMILES string of the molecule is COc1ccc(C(N)c2cccc(Br)c2C)c(F)c1. The van der Waals surface area contributed by atoms with E-state index in [0.29, 0.717) is 11.3 Å². The fraction of sp³-hybridized carbons (Fsp3) is 0.200. The van der Waals surface area contributed by atoms with Gasteiger partial charge in [0.15, 0.2) is 0 Å². The number of benzene rings is 2. The number of nitrogens with two attached hydrogens (primary N) is 1. The van der Waals surface area contributed by atoms with E-state index < -0.39 is 6.04 Å². The van der Waals surface area contributed by atoms with Gasteiger partial charge in [0.1, 0.15) is 11.6 Å². The third-order valence-corrected chi connectivity index (χ3v) is 4.05. The van der Waals surface area contributed by atoms with Gasteiger partial charge in [-0.05, 0) is 30.2 Å². The molecule has 0 fully saturated rings. The average Bonchev–Trinajstić information content (AvgIpc) is 2.41. The Hall–Kier alpha value is -1.39. The molecule has 0 bridgehead atoms. The molecule has 0 aliphatic rings. The third kappa shape index (κ3) is 2.80. The Morgan fingerprint density at radius 2 is 1.95 bits per heavy atom. The number of rotatable bonds is 3. The van der Waals surface area contributed by atoms with Gasteiger partial charge in [0, 0.05) is 16.1 Å². The highest BCUT2D eigenvalue weighted by Crippen LogP contribution is 2.29. The predicted molar refractivity (Wildman–Crippen MR) is 77.9 cm³/mol. The molecule has 2 rings (SSSR count). The van der Waals surface area contributed by atoms with E-state index in [1.165, 1.54) is 13.2 Å². The summed E-state index contributed by atoms with van der Waals surface area (Å²) in [6.45, 7) is 1.96. The lowest BCUT2D eigenvalue weighted by Crippen LogP contribution is -2.15. The number of ether oxygens (including phenoxy) is 1. The van der Waals surface area contributed by atoms with Crippen LogP contribution in [0.25, 0.3) is 0 Å². The number of methoxy groups -OCH3 is 1. The zero-order valence-electron chi connectivity index (χ0n) is 10.8. The van der Waals surface area contributed by atoms with Gasteiger partial charge in [-0.25, -0.2) is 4.39 Å². The van der Waals surface area contributed by atoms with Gasteiger partial charge in [-0.2, -0.15) is 0 Å². The van der Waals surface area contributed by atoms with Crippen molar-refractivity contribution >= 4 is 15.9 Å². The van der Waals surface area contributed by atoms with Crippen LogP contribution in [0.4, 0.5) is 4.39 Å². The van der Waals surface area contributed by atoms with Gasteiger partial charge in [0.2, 0.25) is 0 Å². The average molecular weight is 324 g/mol. The molecule has 1 unspecified atom stereocenters. The first-order valence-corrected chi connectivity index (χ1v) is 6.68. The largest absolute Gasteiger partial charge is 0.497 e. The summed E-state index contributed by atoms with van der Waals surface area (Å²) in [6, 6.07) is 9.98. The van der Waals surface area contributed by atoms with E-state index in [4.69, 9.17) is 10.5 Å². The normalized spacial score (nSPS) is 12.3. The van der Waals surface area contributed by atoms with Crippen LogP contribution in [0.3, 0.4) is 0 Å². The van der Waals surface area contributed by atoms with Crippen LogP contribution in [0.2, 0.25) is 0 Å². The second kappa shape index (κ2) is 5.72. The lowest BCUT2D eigenvalue weighted by atomic mass is 9.95. The Kier molecular flexibility index (Phi) is 4.22. The molecule has 100 valence electrons. The van der Waals surface area contributed by atoms with Crippen molar-refractivity contribution in [3.05, 3.63) is 63.4 Å². The monoisotopic (exact) mass is 323 g/mol. The van der Waals surface area contributed by atoms with Gasteiger partial charge >= 0.3 is 0 Å². The smallest absolute Gasteiger partial charge is 0.132 e. The molecule has 0 aromatic heterocycles. The molecule has 0 saturated heterocycles. The Morgan fingerprint density at radius 3 is 2.58 bits per heavy atom. The fourth-order valence-electron chi connectivity index (χ4n) is 2.02. The second-order valence-corrected chi connectivity index (χ2v) is 5.17. The maximum absolute atomic E-state index is 14.0. The van der Waals surface area contributed by atoms with E-state index in [-0.39, 0.29) is 5.82 Å². The fourth-order valence-corrected chi connectivity index (χ4v) is 2.40. The summed E-state index contributed by atoms with van der Waals surface area (Å²) in [7, 11) is 1.51. The zero-order chi connectivity index (χ0) is 14.0. The Morgan fingerprint density at radius 1 is 1.21 bits per heavy atom. The number of hydrogen-bond donors (Lipinski definition) is 1. The molecule has 2 N–H and O–H groups in total. The van der Waals surface area contributed by atoms with Crippen molar-refractivity contribution < 1.29 is 9.13 Å². The maximum atomic E-state index is 14.0. The summed E-state index contributed by atoms with van der Waals surface area (Å²) in [5.41, 5.74) is 8.56. The summed E-state index contributed by atoms with van der Waals surface area (Å²) in [5, 5.41) is 0. The number of halogens is 2. The molecule has 0 spiro atoms. The van der Waals surface area contributed by atoms with Crippen molar-refractivity contribution in [1.29, 1.82) is 0 Å². The maximum Gasteiger partial charge on any atom is 0.132 e. The van der Waals surface area contributed by atoms with Gasteiger partial charge in [-0.3, -0.25) is 0 Å². The Balaban J connectivity index is 2.44. The van der Waals surface area contributed by atoms with Crippen LogP contribution in [0.1, 0.15) is 22.7 Å². The lowest BCUT2D eigenvalue weighted by Gasteiger charge is -2.17. The van der Waals surface area contributed by atoms with Crippen molar-refractivity contribution in [3.63, 3.8) is 0 Å². The zero-order valence-corrected chi connectivity index (χ0v) is 12.4. The van der Waals surface area contributed by atoms with Crippen molar-refractivity contribution in [2.24, 2.45) is 5.73 Å². The van der Waals surface area contributed by atoms with E-state index >= 15 is 0 Å². The summed E-state index contributed by atoms with van der Waals surface area (Å²) in [5.74, 6) is 0.130.